The predicted molar refractivity (Wildman–Crippen MR) is 50.1 cm³/mol. The van der Waals surface area contributed by atoms with Gasteiger partial charge >= 0.3 is 5.97 Å². The number of hydrogen-bond donors (Lipinski definition) is 2. The summed E-state index contributed by atoms with van der Waals surface area (Å²) in [6.07, 6.45) is -2.05. The Balaban J connectivity index is 3.13. The molecule has 4 nitrogen and oxygen atoms in total. The summed E-state index contributed by atoms with van der Waals surface area (Å²) in [6, 6.07) is 1.89. The summed E-state index contributed by atoms with van der Waals surface area (Å²) in [6.45, 7) is 0. The normalized spacial score (nSPS) is 12.2. The van der Waals surface area contributed by atoms with E-state index in [1.165, 1.54) is 0 Å². The van der Waals surface area contributed by atoms with Gasteiger partial charge in [-0.05, 0) is 12.1 Å². The highest BCUT2D eigenvalue weighted by Gasteiger charge is 2.21. The van der Waals surface area contributed by atoms with Crippen LogP contribution in [0.5, 0.6) is 5.75 Å². The van der Waals surface area contributed by atoms with Crippen molar-refractivity contribution in [3.8, 4) is 5.75 Å². The Hall–Kier alpha value is -1.69. The van der Waals surface area contributed by atoms with Gasteiger partial charge in [-0.1, -0.05) is 0 Å². The highest BCUT2D eigenvalue weighted by atomic mass is 19.2. The average Bonchev–Trinajstić information content (AvgIpc) is 2.20. The van der Waals surface area contributed by atoms with Gasteiger partial charge in [0.1, 0.15) is 0 Å². The van der Waals surface area contributed by atoms with E-state index < -0.39 is 35.9 Å². The van der Waals surface area contributed by atoms with E-state index in [-0.39, 0.29) is 5.56 Å². The van der Waals surface area contributed by atoms with Gasteiger partial charge in [0.25, 0.3) is 0 Å². The van der Waals surface area contributed by atoms with Gasteiger partial charge in [-0.15, -0.1) is 0 Å². The first-order valence-corrected chi connectivity index (χ1v) is 4.39. The van der Waals surface area contributed by atoms with Gasteiger partial charge in [0, 0.05) is 5.56 Å². The second-order valence-electron chi connectivity index (χ2n) is 3.10. The molecule has 0 bridgehead atoms. The van der Waals surface area contributed by atoms with Gasteiger partial charge in [0.05, 0.1) is 19.6 Å². The standard InChI is InChI=1S/C10H10F2O4/c1-16-10-5(7(13)4-8(14)15)2-3-6(11)9(10)12/h2-3,7,13H,4H2,1H3,(H,14,15). The lowest BCUT2D eigenvalue weighted by Gasteiger charge is -2.13. The lowest BCUT2D eigenvalue weighted by molar-refractivity contribution is -0.139. The Bertz CT molecular complexity index is 406. The Morgan fingerprint density at radius 1 is 1.50 bits per heavy atom. The number of carboxylic acids is 1. The van der Waals surface area contributed by atoms with Crippen LogP contribution in [0.2, 0.25) is 0 Å². The van der Waals surface area contributed by atoms with E-state index in [1.54, 1.807) is 0 Å². The summed E-state index contributed by atoms with van der Waals surface area (Å²) >= 11 is 0. The molecular formula is C10H10F2O4. The van der Waals surface area contributed by atoms with Crippen LogP contribution >= 0.6 is 0 Å². The first kappa shape index (κ1) is 12.4. The lowest BCUT2D eigenvalue weighted by atomic mass is 10.1. The minimum absolute atomic E-state index is 0.0937. The molecule has 0 aliphatic carbocycles. The number of halogens is 2. The van der Waals surface area contributed by atoms with E-state index in [1.807, 2.05) is 0 Å². The summed E-state index contributed by atoms with van der Waals surface area (Å²) in [5.41, 5.74) is -0.0937. The van der Waals surface area contributed by atoms with Gasteiger partial charge in [-0.25, -0.2) is 4.39 Å². The Labute approximate surface area is 90.1 Å². The molecule has 0 aromatic heterocycles. The smallest absolute Gasteiger partial charge is 0.306 e. The van der Waals surface area contributed by atoms with E-state index in [4.69, 9.17) is 5.11 Å². The zero-order chi connectivity index (χ0) is 12.3. The van der Waals surface area contributed by atoms with Crippen LogP contribution < -0.4 is 4.74 Å². The molecular weight excluding hydrogens is 222 g/mol. The van der Waals surface area contributed by atoms with Crippen LogP contribution in [0.4, 0.5) is 8.78 Å². The van der Waals surface area contributed by atoms with Crippen LogP contribution in [0, 0.1) is 11.6 Å². The zero-order valence-corrected chi connectivity index (χ0v) is 8.41. The molecule has 0 fully saturated rings. The average molecular weight is 232 g/mol. The summed E-state index contributed by atoms with van der Waals surface area (Å²) in [5.74, 6) is -4.10. The molecule has 1 aromatic carbocycles. The summed E-state index contributed by atoms with van der Waals surface area (Å²) < 4.78 is 30.6. The topological polar surface area (TPSA) is 66.8 Å². The Kier molecular flexibility index (Phi) is 3.78. The number of aliphatic hydroxyl groups excluding tert-OH is 1. The minimum atomic E-state index is -1.44. The van der Waals surface area contributed by atoms with Crippen LogP contribution in [0.1, 0.15) is 18.1 Å². The zero-order valence-electron chi connectivity index (χ0n) is 8.41. The molecule has 0 heterocycles. The molecule has 0 aliphatic heterocycles. The Morgan fingerprint density at radius 3 is 2.62 bits per heavy atom. The van der Waals surface area contributed by atoms with Crippen molar-refractivity contribution in [2.75, 3.05) is 7.11 Å². The number of carbonyl (C=O) groups is 1. The predicted octanol–water partition coefficient (Wildman–Crippen LogP) is 1.48. The third-order valence-electron chi connectivity index (χ3n) is 2.01. The lowest BCUT2D eigenvalue weighted by Crippen LogP contribution is -2.08. The Morgan fingerprint density at radius 2 is 2.12 bits per heavy atom. The van der Waals surface area contributed by atoms with Crippen molar-refractivity contribution in [2.24, 2.45) is 0 Å². The first-order valence-electron chi connectivity index (χ1n) is 4.39. The number of ether oxygens (including phenoxy) is 1. The fraction of sp³-hybridized carbons (Fsp3) is 0.300. The largest absolute Gasteiger partial charge is 0.493 e. The highest BCUT2D eigenvalue weighted by Crippen LogP contribution is 2.31. The maximum atomic E-state index is 13.2. The van der Waals surface area contributed by atoms with Gasteiger partial charge in [-0.3, -0.25) is 4.79 Å². The molecule has 0 amide bonds. The molecule has 1 rings (SSSR count). The van der Waals surface area contributed by atoms with E-state index in [0.717, 1.165) is 19.2 Å². The van der Waals surface area contributed by atoms with Crippen molar-refractivity contribution in [3.05, 3.63) is 29.3 Å². The second-order valence-corrected chi connectivity index (χ2v) is 3.10. The second kappa shape index (κ2) is 4.89. The molecule has 88 valence electrons. The van der Waals surface area contributed by atoms with Crippen LogP contribution in [-0.2, 0) is 4.79 Å². The fourth-order valence-electron chi connectivity index (χ4n) is 1.29. The maximum absolute atomic E-state index is 13.2. The van der Waals surface area contributed by atoms with Crippen LogP contribution in [0.15, 0.2) is 12.1 Å². The van der Waals surface area contributed by atoms with Crippen molar-refractivity contribution in [1.82, 2.24) is 0 Å². The molecule has 1 aromatic rings. The maximum Gasteiger partial charge on any atom is 0.306 e. The minimum Gasteiger partial charge on any atom is -0.493 e. The van der Waals surface area contributed by atoms with Crippen molar-refractivity contribution >= 4 is 5.97 Å². The van der Waals surface area contributed by atoms with Crippen LogP contribution in [0.3, 0.4) is 0 Å². The number of rotatable bonds is 4. The number of aliphatic hydroxyl groups is 1. The van der Waals surface area contributed by atoms with Crippen LogP contribution in [0.25, 0.3) is 0 Å². The molecule has 6 heteroatoms. The van der Waals surface area contributed by atoms with E-state index >= 15 is 0 Å². The molecule has 1 atom stereocenters. The third-order valence-corrected chi connectivity index (χ3v) is 2.01. The fourth-order valence-corrected chi connectivity index (χ4v) is 1.29. The number of benzene rings is 1. The van der Waals surface area contributed by atoms with Crippen molar-refractivity contribution < 1.29 is 28.5 Å². The quantitative estimate of drug-likeness (QED) is 0.825. The van der Waals surface area contributed by atoms with Crippen molar-refractivity contribution in [2.45, 2.75) is 12.5 Å². The SMILES string of the molecule is COc1c(C(O)CC(=O)O)ccc(F)c1F. The van der Waals surface area contributed by atoms with Crippen molar-refractivity contribution in [3.63, 3.8) is 0 Å². The molecule has 0 spiro atoms. The summed E-state index contributed by atoms with van der Waals surface area (Å²) in [4.78, 5) is 10.4. The molecule has 0 saturated heterocycles. The number of hydrogen-bond acceptors (Lipinski definition) is 3. The number of carboxylic acid groups (broad SMARTS) is 1. The van der Waals surface area contributed by atoms with Gasteiger partial charge < -0.3 is 14.9 Å². The van der Waals surface area contributed by atoms with Gasteiger partial charge in [0.15, 0.2) is 11.6 Å². The van der Waals surface area contributed by atoms with Gasteiger partial charge in [0.2, 0.25) is 5.82 Å². The molecule has 16 heavy (non-hydrogen) atoms. The van der Waals surface area contributed by atoms with Crippen LogP contribution in [-0.4, -0.2) is 23.3 Å². The monoisotopic (exact) mass is 232 g/mol. The highest BCUT2D eigenvalue weighted by molar-refractivity contribution is 5.68. The van der Waals surface area contributed by atoms with E-state index in [9.17, 15) is 18.7 Å². The van der Waals surface area contributed by atoms with E-state index in [0.29, 0.717) is 0 Å². The third kappa shape index (κ3) is 2.46. The molecule has 0 saturated carbocycles. The molecule has 0 radical (unpaired) electrons. The summed E-state index contributed by atoms with van der Waals surface area (Å²) in [7, 11) is 1.11. The first-order chi connectivity index (χ1) is 7.47. The van der Waals surface area contributed by atoms with Gasteiger partial charge in [-0.2, -0.15) is 4.39 Å². The number of aliphatic carboxylic acids is 1. The molecule has 1 unspecified atom stereocenters. The summed E-state index contributed by atoms with van der Waals surface area (Å²) in [5, 5.41) is 17.9. The number of methoxy groups -OCH3 is 1. The molecule has 2 N–H and O–H groups in total. The van der Waals surface area contributed by atoms with Crippen molar-refractivity contribution in [1.29, 1.82) is 0 Å². The van der Waals surface area contributed by atoms with E-state index in [2.05, 4.69) is 4.74 Å². The molecule has 0 aliphatic rings.